The van der Waals surface area contributed by atoms with Gasteiger partial charge in [-0.2, -0.15) is 5.10 Å². The lowest BCUT2D eigenvalue weighted by atomic mass is 9.95. The minimum absolute atomic E-state index is 0.198. The van der Waals surface area contributed by atoms with Crippen molar-refractivity contribution in [3.8, 4) is 5.69 Å². The average molecular weight is 410 g/mol. The second-order valence-electron chi connectivity index (χ2n) is 6.26. The van der Waals surface area contributed by atoms with Crippen molar-refractivity contribution in [2.24, 2.45) is 0 Å². The molecule has 1 amide bonds. The van der Waals surface area contributed by atoms with E-state index in [1.54, 1.807) is 29.3 Å². The van der Waals surface area contributed by atoms with Crippen LogP contribution in [0.1, 0.15) is 16.9 Å². The van der Waals surface area contributed by atoms with Crippen molar-refractivity contribution in [1.82, 2.24) is 14.7 Å². The number of carbonyl (C=O) groups excluding carboxylic acids is 1. The van der Waals surface area contributed by atoms with E-state index in [4.69, 9.17) is 9.47 Å². The number of hydrogen-bond donors (Lipinski definition) is 0. The third kappa shape index (κ3) is 2.88. The number of aromatic nitrogens is 2. The molecule has 2 saturated heterocycles. The zero-order chi connectivity index (χ0) is 17.4. The van der Waals surface area contributed by atoms with Crippen LogP contribution >= 0.6 is 15.9 Å². The van der Waals surface area contributed by atoms with Gasteiger partial charge in [-0.3, -0.25) is 4.79 Å². The van der Waals surface area contributed by atoms with Crippen LogP contribution in [0.3, 0.4) is 0 Å². The van der Waals surface area contributed by atoms with Crippen molar-refractivity contribution in [1.29, 1.82) is 0 Å². The van der Waals surface area contributed by atoms with Gasteiger partial charge in [-0.15, -0.1) is 0 Å². The number of para-hydroxylation sites is 1. The number of rotatable bonds is 2. The van der Waals surface area contributed by atoms with Gasteiger partial charge in [0.25, 0.3) is 5.91 Å². The molecule has 1 aromatic carbocycles. The Labute approximate surface area is 152 Å². The molecule has 1 spiro atoms. The standard InChI is InChI=1S/C17H17BrFN3O3/c18-12-9-22(14-4-2-1-3-13(14)19)20-15(12)16(23)21-6-8-25-11-17(21)5-7-24-10-17/h1-4,9H,5-8,10-11H2. The number of hydrogen-bond acceptors (Lipinski definition) is 4. The first-order valence-electron chi connectivity index (χ1n) is 8.08. The van der Waals surface area contributed by atoms with Crippen LogP contribution in [0.15, 0.2) is 34.9 Å². The highest BCUT2D eigenvalue weighted by Crippen LogP contribution is 2.32. The molecule has 2 aliphatic rings. The number of morpholine rings is 1. The molecule has 132 valence electrons. The summed E-state index contributed by atoms with van der Waals surface area (Å²) in [7, 11) is 0. The number of nitrogens with zero attached hydrogens (tertiary/aromatic N) is 3. The predicted octanol–water partition coefficient (Wildman–Crippen LogP) is 2.41. The summed E-state index contributed by atoms with van der Waals surface area (Å²) in [5.74, 6) is -0.598. The molecule has 8 heteroatoms. The Morgan fingerprint density at radius 1 is 1.24 bits per heavy atom. The second-order valence-corrected chi connectivity index (χ2v) is 7.11. The van der Waals surface area contributed by atoms with E-state index in [-0.39, 0.29) is 11.6 Å². The monoisotopic (exact) mass is 409 g/mol. The van der Waals surface area contributed by atoms with Gasteiger partial charge in [0.2, 0.25) is 0 Å². The number of benzene rings is 1. The normalized spacial score (nSPS) is 23.4. The molecule has 6 nitrogen and oxygen atoms in total. The summed E-state index contributed by atoms with van der Waals surface area (Å²) < 4.78 is 27.0. The molecule has 25 heavy (non-hydrogen) atoms. The van der Waals surface area contributed by atoms with Crippen molar-refractivity contribution in [2.45, 2.75) is 12.0 Å². The molecule has 2 aliphatic heterocycles. The maximum absolute atomic E-state index is 14.0. The van der Waals surface area contributed by atoms with Crippen molar-refractivity contribution in [3.63, 3.8) is 0 Å². The van der Waals surface area contributed by atoms with Gasteiger partial charge in [0, 0.05) is 19.3 Å². The van der Waals surface area contributed by atoms with Gasteiger partial charge in [0.05, 0.1) is 29.8 Å². The quantitative estimate of drug-likeness (QED) is 0.763. The molecule has 1 unspecified atom stereocenters. The number of amides is 1. The summed E-state index contributed by atoms with van der Waals surface area (Å²) in [6, 6.07) is 6.31. The van der Waals surface area contributed by atoms with E-state index in [9.17, 15) is 9.18 Å². The molecule has 2 aromatic rings. The van der Waals surface area contributed by atoms with Crippen molar-refractivity contribution >= 4 is 21.8 Å². The van der Waals surface area contributed by atoms with E-state index in [0.717, 1.165) is 6.42 Å². The Kier molecular flexibility index (Phi) is 4.35. The summed E-state index contributed by atoms with van der Waals surface area (Å²) in [6.45, 7) is 2.51. The highest BCUT2D eigenvalue weighted by Gasteiger charge is 2.46. The molecule has 1 aromatic heterocycles. The van der Waals surface area contributed by atoms with Crippen LogP contribution in [-0.4, -0.2) is 59.1 Å². The Morgan fingerprint density at radius 3 is 2.76 bits per heavy atom. The second kappa shape index (κ2) is 6.51. The fourth-order valence-electron chi connectivity index (χ4n) is 3.36. The van der Waals surface area contributed by atoms with Crippen LogP contribution in [-0.2, 0) is 9.47 Å². The SMILES string of the molecule is O=C(c1nn(-c2ccccc2F)cc1Br)N1CCOCC12CCOC2. The summed E-state index contributed by atoms with van der Waals surface area (Å²) in [5, 5.41) is 4.33. The zero-order valence-electron chi connectivity index (χ0n) is 13.5. The molecule has 1 atom stereocenters. The minimum Gasteiger partial charge on any atom is -0.379 e. The molecule has 4 rings (SSSR count). The molecular weight excluding hydrogens is 393 g/mol. The van der Waals surface area contributed by atoms with E-state index in [2.05, 4.69) is 21.0 Å². The molecule has 2 fully saturated rings. The van der Waals surface area contributed by atoms with Gasteiger partial charge in [0.15, 0.2) is 5.69 Å². The van der Waals surface area contributed by atoms with Crippen molar-refractivity contribution in [2.75, 3.05) is 33.0 Å². The maximum Gasteiger partial charge on any atom is 0.276 e. The molecular formula is C17H17BrFN3O3. The first kappa shape index (κ1) is 16.7. The van der Waals surface area contributed by atoms with Crippen LogP contribution < -0.4 is 0 Å². The summed E-state index contributed by atoms with van der Waals surface area (Å²) in [5.41, 5.74) is 0.121. The molecule has 0 aliphatic carbocycles. The highest BCUT2D eigenvalue weighted by molar-refractivity contribution is 9.10. The van der Waals surface area contributed by atoms with Gasteiger partial charge >= 0.3 is 0 Å². The predicted molar refractivity (Wildman–Crippen MR) is 91.2 cm³/mol. The van der Waals surface area contributed by atoms with Gasteiger partial charge in [-0.1, -0.05) is 12.1 Å². The van der Waals surface area contributed by atoms with E-state index >= 15 is 0 Å². The van der Waals surface area contributed by atoms with Crippen molar-refractivity contribution in [3.05, 3.63) is 46.4 Å². The lowest BCUT2D eigenvalue weighted by Gasteiger charge is -2.43. The van der Waals surface area contributed by atoms with Crippen LogP contribution in [0.25, 0.3) is 5.69 Å². The topological polar surface area (TPSA) is 56.6 Å². The Hall–Kier alpha value is -1.77. The number of carbonyl (C=O) groups is 1. The molecule has 0 bridgehead atoms. The van der Waals surface area contributed by atoms with Gasteiger partial charge < -0.3 is 14.4 Å². The minimum atomic E-state index is -0.434. The van der Waals surface area contributed by atoms with Crippen LogP contribution in [0, 0.1) is 5.82 Å². The Morgan fingerprint density at radius 2 is 2.00 bits per heavy atom. The zero-order valence-corrected chi connectivity index (χ0v) is 15.0. The van der Waals surface area contributed by atoms with E-state index < -0.39 is 11.4 Å². The Bertz CT molecular complexity index is 804. The molecule has 0 radical (unpaired) electrons. The van der Waals surface area contributed by atoms with E-state index in [1.165, 1.54) is 10.7 Å². The average Bonchev–Trinajstić information content (AvgIpc) is 3.22. The van der Waals surface area contributed by atoms with Crippen LogP contribution in [0.5, 0.6) is 0 Å². The summed E-state index contributed by atoms with van der Waals surface area (Å²) >= 11 is 3.39. The van der Waals surface area contributed by atoms with Gasteiger partial charge in [-0.25, -0.2) is 9.07 Å². The summed E-state index contributed by atoms with van der Waals surface area (Å²) in [4.78, 5) is 14.9. The summed E-state index contributed by atoms with van der Waals surface area (Å²) in [6.07, 6.45) is 2.34. The van der Waals surface area contributed by atoms with E-state index in [1.807, 2.05) is 0 Å². The van der Waals surface area contributed by atoms with Crippen LogP contribution in [0.2, 0.25) is 0 Å². The van der Waals surface area contributed by atoms with Crippen molar-refractivity contribution < 1.29 is 18.7 Å². The largest absolute Gasteiger partial charge is 0.379 e. The molecule has 0 saturated carbocycles. The fourth-order valence-corrected chi connectivity index (χ4v) is 3.80. The van der Waals surface area contributed by atoms with Crippen LogP contribution in [0.4, 0.5) is 4.39 Å². The fraction of sp³-hybridized carbons (Fsp3) is 0.412. The van der Waals surface area contributed by atoms with Gasteiger partial charge in [0.1, 0.15) is 11.5 Å². The highest BCUT2D eigenvalue weighted by atomic mass is 79.9. The molecule has 3 heterocycles. The third-order valence-electron chi connectivity index (χ3n) is 4.70. The van der Waals surface area contributed by atoms with E-state index in [0.29, 0.717) is 43.1 Å². The Balaban J connectivity index is 1.68. The maximum atomic E-state index is 14.0. The lowest BCUT2D eigenvalue weighted by Crippen LogP contribution is -2.59. The van der Waals surface area contributed by atoms with Gasteiger partial charge in [-0.05, 0) is 34.5 Å². The molecule has 0 N–H and O–H groups in total. The lowest BCUT2D eigenvalue weighted by molar-refractivity contribution is -0.0553. The smallest absolute Gasteiger partial charge is 0.276 e. The number of ether oxygens (including phenoxy) is 2. The third-order valence-corrected chi connectivity index (χ3v) is 5.28. The number of halogens is 2. The first-order valence-corrected chi connectivity index (χ1v) is 8.88. The first-order chi connectivity index (χ1) is 12.1.